The van der Waals surface area contributed by atoms with E-state index in [1.165, 1.54) is 231 Å². The zero-order valence-electron chi connectivity index (χ0n) is 48.3. The summed E-state index contributed by atoms with van der Waals surface area (Å²) in [5.74, 6) is -0.173. The van der Waals surface area contributed by atoms with Crippen LogP contribution in [0.3, 0.4) is 0 Å². The Morgan fingerprint density at radius 1 is 0.486 bits per heavy atom. The smallest absolute Gasteiger partial charge is 0.305 e. The second kappa shape index (κ2) is 53.4. The first-order chi connectivity index (χ1) is 36.2. The van der Waals surface area contributed by atoms with Gasteiger partial charge in [0.05, 0.1) is 32.0 Å². The van der Waals surface area contributed by atoms with Crippen molar-refractivity contribution in [2.75, 3.05) is 19.8 Å². The number of carbonyl (C=O) groups excluding carboxylic acids is 2. The maximum atomic E-state index is 13.0. The Labute approximate surface area is 455 Å². The van der Waals surface area contributed by atoms with E-state index < -0.39 is 49.5 Å². The minimum absolute atomic E-state index is 0.00730. The number of nitrogens with one attached hydrogen (secondary N) is 1. The maximum absolute atomic E-state index is 13.0. The zero-order chi connectivity index (χ0) is 53.8. The van der Waals surface area contributed by atoms with Crippen LogP contribution < -0.4 is 5.32 Å². The van der Waals surface area contributed by atoms with E-state index >= 15 is 0 Å². The van der Waals surface area contributed by atoms with Crippen LogP contribution in [-0.4, -0.2) is 100 Å². The largest absolute Gasteiger partial charge is 0.466 e. The third kappa shape index (κ3) is 42.4. The van der Waals surface area contributed by atoms with Gasteiger partial charge in [-0.1, -0.05) is 283 Å². The Kier molecular flexibility index (Phi) is 50.8. The number of hydrogen-bond donors (Lipinski definition) is 6. The summed E-state index contributed by atoms with van der Waals surface area (Å²) in [7, 11) is 0. The summed E-state index contributed by atoms with van der Waals surface area (Å²) in [6.07, 6.45) is 53.4. The first-order valence-electron chi connectivity index (χ1n) is 32.0. The zero-order valence-corrected chi connectivity index (χ0v) is 48.3. The van der Waals surface area contributed by atoms with Crippen molar-refractivity contribution in [2.24, 2.45) is 0 Å². The topological polar surface area (TPSA) is 175 Å². The summed E-state index contributed by atoms with van der Waals surface area (Å²) in [6, 6.07) is -0.805. The highest BCUT2D eigenvalue weighted by atomic mass is 16.7. The number of esters is 1. The molecule has 0 aromatic carbocycles. The Morgan fingerprint density at radius 3 is 1.26 bits per heavy atom. The number of amides is 1. The molecule has 0 saturated carbocycles. The predicted molar refractivity (Wildman–Crippen MR) is 306 cm³/mol. The van der Waals surface area contributed by atoms with Gasteiger partial charge in [-0.25, -0.2) is 0 Å². The molecule has 11 nitrogen and oxygen atoms in total. The molecule has 1 aliphatic rings. The van der Waals surface area contributed by atoms with Crippen molar-refractivity contribution in [3.63, 3.8) is 0 Å². The van der Waals surface area contributed by atoms with E-state index in [1.54, 1.807) is 6.08 Å². The van der Waals surface area contributed by atoms with Crippen molar-refractivity contribution in [1.29, 1.82) is 0 Å². The van der Waals surface area contributed by atoms with Crippen LogP contribution in [0, 0.1) is 0 Å². The second-order valence-corrected chi connectivity index (χ2v) is 22.5. The Balaban J connectivity index is 1.95. The van der Waals surface area contributed by atoms with Gasteiger partial charge in [-0.3, -0.25) is 9.59 Å². The Bertz CT molecular complexity index is 1240. The van der Waals surface area contributed by atoms with Gasteiger partial charge in [-0.15, -0.1) is 0 Å². The third-order valence-electron chi connectivity index (χ3n) is 15.4. The van der Waals surface area contributed by atoms with E-state index in [0.29, 0.717) is 19.4 Å². The van der Waals surface area contributed by atoms with Crippen LogP contribution in [0.5, 0.6) is 0 Å². The molecule has 7 atom stereocenters. The van der Waals surface area contributed by atoms with Crippen LogP contribution >= 0.6 is 0 Å². The van der Waals surface area contributed by atoms with Gasteiger partial charge in [0.25, 0.3) is 0 Å². The minimum atomic E-state index is -1.57. The van der Waals surface area contributed by atoms with Crippen LogP contribution in [0.2, 0.25) is 0 Å². The Morgan fingerprint density at radius 2 is 0.851 bits per heavy atom. The van der Waals surface area contributed by atoms with Crippen LogP contribution in [-0.2, 0) is 23.8 Å². The summed E-state index contributed by atoms with van der Waals surface area (Å²) >= 11 is 0. The predicted octanol–water partition coefficient (Wildman–Crippen LogP) is 15.1. The molecule has 0 aliphatic carbocycles. The monoisotopic (exact) mass is 1050 g/mol. The van der Waals surface area contributed by atoms with E-state index in [-0.39, 0.29) is 18.5 Å². The summed E-state index contributed by atoms with van der Waals surface area (Å²) in [6.45, 7) is 4.34. The van der Waals surface area contributed by atoms with Crippen molar-refractivity contribution in [2.45, 2.75) is 358 Å². The first-order valence-corrected chi connectivity index (χ1v) is 32.0. The number of ether oxygens (including phenoxy) is 3. The third-order valence-corrected chi connectivity index (χ3v) is 15.4. The number of unbranched alkanes of at least 4 members (excludes halogenated alkanes) is 42. The lowest BCUT2D eigenvalue weighted by atomic mass is 9.99. The molecule has 7 unspecified atom stereocenters. The molecule has 1 fully saturated rings. The minimum Gasteiger partial charge on any atom is -0.466 e. The fraction of sp³-hybridized carbons (Fsp3) is 0.937. The molecule has 0 radical (unpaired) electrons. The lowest BCUT2D eigenvalue weighted by Gasteiger charge is -2.40. The number of rotatable bonds is 56. The number of carbonyl (C=O) groups is 2. The highest BCUT2D eigenvalue weighted by molar-refractivity contribution is 5.76. The van der Waals surface area contributed by atoms with Crippen LogP contribution in [0.25, 0.3) is 0 Å². The molecule has 0 aromatic heterocycles. The highest BCUT2D eigenvalue weighted by Gasteiger charge is 2.44. The van der Waals surface area contributed by atoms with Gasteiger partial charge < -0.3 is 45.1 Å². The highest BCUT2D eigenvalue weighted by Crippen LogP contribution is 2.23. The molecule has 1 aliphatic heterocycles. The lowest BCUT2D eigenvalue weighted by Crippen LogP contribution is -2.60. The van der Waals surface area contributed by atoms with Crippen molar-refractivity contribution in [3.05, 3.63) is 12.2 Å². The second-order valence-electron chi connectivity index (χ2n) is 22.5. The molecular formula is C63H121NO10. The van der Waals surface area contributed by atoms with E-state index in [0.717, 1.165) is 57.8 Å². The van der Waals surface area contributed by atoms with Crippen molar-refractivity contribution < 1.29 is 49.3 Å². The summed E-state index contributed by atoms with van der Waals surface area (Å²) in [5.41, 5.74) is 0. The normalized spacial score (nSPS) is 18.8. The molecule has 0 spiro atoms. The number of aliphatic hydroxyl groups is 5. The van der Waals surface area contributed by atoms with Crippen LogP contribution in [0.4, 0.5) is 0 Å². The van der Waals surface area contributed by atoms with Crippen LogP contribution in [0.1, 0.15) is 316 Å². The van der Waals surface area contributed by atoms with E-state index in [9.17, 15) is 35.1 Å². The average molecular weight is 1050 g/mol. The standard InChI is InChI=1S/C63H121NO10/c1-3-5-7-9-11-13-30-35-39-43-47-51-59(68)72-52-48-44-40-36-32-29-27-25-23-21-19-17-15-14-16-18-20-22-24-26-28-31-34-38-42-46-50-58(67)64-55(56(66)49-45-41-37-33-12-10-8-6-4-2)54-73-63-62(71)61(70)60(69)57(53-65)74-63/h45,49,55-57,60-63,65-66,69-71H,3-44,46-48,50-54H2,1-2H3,(H,64,67)/b49-45+. The molecule has 74 heavy (non-hydrogen) atoms. The number of hydrogen-bond acceptors (Lipinski definition) is 10. The molecule has 11 heteroatoms. The average Bonchev–Trinajstić information content (AvgIpc) is 3.40. The molecule has 1 rings (SSSR count). The van der Waals surface area contributed by atoms with Gasteiger partial charge in [-0.2, -0.15) is 0 Å². The maximum Gasteiger partial charge on any atom is 0.305 e. The molecule has 1 saturated heterocycles. The van der Waals surface area contributed by atoms with Gasteiger partial charge in [-0.05, 0) is 32.1 Å². The number of aliphatic hydroxyl groups excluding tert-OH is 5. The fourth-order valence-electron chi connectivity index (χ4n) is 10.3. The lowest BCUT2D eigenvalue weighted by molar-refractivity contribution is -0.302. The molecule has 1 heterocycles. The molecule has 1 amide bonds. The van der Waals surface area contributed by atoms with Crippen molar-refractivity contribution in [3.8, 4) is 0 Å². The van der Waals surface area contributed by atoms with Gasteiger partial charge in [0.15, 0.2) is 6.29 Å². The molecule has 0 bridgehead atoms. The molecular weight excluding hydrogens is 931 g/mol. The van der Waals surface area contributed by atoms with E-state index in [4.69, 9.17) is 14.2 Å². The van der Waals surface area contributed by atoms with E-state index in [1.807, 2.05) is 6.08 Å². The summed E-state index contributed by atoms with van der Waals surface area (Å²) in [5, 5.41) is 54.2. The quantitative estimate of drug-likeness (QED) is 0.0195. The van der Waals surface area contributed by atoms with Crippen molar-refractivity contribution >= 4 is 11.9 Å². The first kappa shape index (κ1) is 70.4. The molecule has 6 N–H and O–H groups in total. The summed E-state index contributed by atoms with van der Waals surface area (Å²) in [4.78, 5) is 25.0. The number of allylic oxidation sites excluding steroid dienone is 1. The fourth-order valence-corrected chi connectivity index (χ4v) is 10.3. The van der Waals surface area contributed by atoms with Gasteiger partial charge in [0.2, 0.25) is 5.91 Å². The van der Waals surface area contributed by atoms with Gasteiger partial charge in [0, 0.05) is 12.8 Å². The van der Waals surface area contributed by atoms with Crippen LogP contribution in [0.15, 0.2) is 12.2 Å². The Hall–Kier alpha value is -1.60. The summed E-state index contributed by atoms with van der Waals surface area (Å²) < 4.78 is 16.7. The van der Waals surface area contributed by atoms with E-state index in [2.05, 4.69) is 19.2 Å². The SMILES string of the molecule is CCCCCCCCC/C=C/C(O)C(COC1OC(CO)C(O)C(O)C1O)NC(=O)CCCCCCCCCCCCCCCCCCCCCCCCCCCCOC(=O)CCCCCCCCCCCCC. The van der Waals surface area contributed by atoms with Crippen molar-refractivity contribution in [1.82, 2.24) is 5.32 Å². The van der Waals surface area contributed by atoms with Gasteiger partial charge in [0.1, 0.15) is 24.4 Å². The molecule has 0 aromatic rings. The van der Waals surface area contributed by atoms with Gasteiger partial charge >= 0.3 is 5.97 Å². The molecule has 438 valence electrons.